The molecular formula is C28H22O3. The van der Waals surface area contributed by atoms with Gasteiger partial charge < -0.3 is 9.47 Å². The Kier molecular flexibility index (Phi) is 3.94. The zero-order chi connectivity index (χ0) is 21.1. The average molecular weight is 406 g/mol. The third-order valence-electron chi connectivity index (χ3n) is 6.47. The van der Waals surface area contributed by atoms with Gasteiger partial charge in [0.15, 0.2) is 0 Å². The van der Waals surface area contributed by atoms with Crippen molar-refractivity contribution < 1.29 is 14.3 Å². The van der Waals surface area contributed by atoms with Gasteiger partial charge in [-0.1, -0.05) is 49.4 Å². The zero-order valence-electron chi connectivity index (χ0n) is 17.6. The van der Waals surface area contributed by atoms with E-state index in [1.807, 2.05) is 12.1 Å². The van der Waals surface area contributed by atoms with E-state index in [2.05, 4.69) is 55.5 Å². The summed E-state index contributed by atoms with van der Waals surface area (Å²) in [6, 6.07) is 20.9. The van der Waals surface area contributed by atoms with E-state index in [1.54, 1.807) is 0 Å². The van der Waals surface area contributed by atoms with E-state index in [9.17, 15) is 4.79 Å². The first-order valence-electron chi connectivity index (χ1n) is 10.8. The summed E-state index contributed by atoms with van der Waals surface area (Å²) >= 11 is 0. The number of benzene rings is 4. The molecule has 0 bridgehead atoms. The molecule has 3 nitrogen and oxygen atoms in total. The summed E-state index contributed by atoms with van der Waals surface area (Å²) in [7, 11) is 0. The maximum absolute atomic E-state index is 11.8. The van der Waals surface area contributed by atoms with Gasteiger partial charge in [-0.05, 0) is 69.8 Å². The van der Waals surface area contributed by atoms with Crippen LogP contribution in [0.2, 0.25) is 0 Å². The van der Waals surface area contributed by atoms with Gasteiger partial charge in [-0.3, -0.25) is 4.79 Å². The van der Waals surface area contributed by atoms with Gasteiger partial charge >= 0.3 is 5.97 Å². The van der Waals surface area contributed by atoms with E-state index in [-0.39, 0.29) is 5.97 Å². The highest BCUT2D eigenvalue weighted by molar-refractivity contribution is 6.07. The van der Waals surface area contributed by atoms with E-state index < -0.39 is 0 Å². The van der Waals surface area contributed by atoms with Crippen LogP contribution >= 0.6 is 0 Å². The summed E-state index contributed by atoms with van der Waals surface area (Å²) < 4.78 is 11.9. The zero-order valence-corrected chi connectivity index (χ0v) is 17.6. The lowest BCUT2D eigenvalue weighted by Crippen LogP contribution is -2.05. The van der Waals surface area contributed by atoms with Crippen molar-refractivity contribution in [1.82, 2.24) is 0 Å². The highest BCUT2D eigenvalue weighted by Crippen LogP contribution is 2.51. The highest BCUT2D eigenvalue weighted by Gasteiger charge is 2.30. The standard InChI is InChI=1S/C28H22O3/c1-3-17-8-6-9-21-25(30-16(2)29)15-20-13-19-11-12-24-22(27(19)28(20)26(17)21)14-18-7-4-5-10-23(18)31-24/h4-12,15H,3,13-14H2,1-2H3. The molecule has 0 N–H and O–H groups in total. The van der Waals surface area contributed by atoms with Crippen LogP contribution in [0.5, 0.6) is 17.2 Å². The maximum Gasteiger partial charge on any atom is 0.308 e. The molecule has 0 saturated heterocycles. The smallest absolute Gasteiger partial charge is 0.308 e. The number of hydrogen-bond donors (Lipinski definition) is 0. The minimum atomic E-state index is -0.291. The molecule has 0 atom stereocenters. The Hall–Kier alpha value is -3.59. The first-order valence-corrected chi connectivity index (χ1v) is 10.8. The van der Waals surface area contributed by atoms with Crippen molar-refractivity contribution in [2.45, 2.75) is 33.1 Å². The Labute approximate surface area is 181 Å². The summed E-state index contributed by atoms with van der Waals surface area (Å²) in [5.74, 6) is 2.25. The van der Waals surface area contributed by atoms with Crippen LogP contribution in [0.1, 0.15) is 41.7 Å². The molecular weight excluding hydrogens is 384 g/mol. The van der Waals surface area contributed by atoms with Crippen LogP contribution in [0.25, 0.3) is 21.9 Å². The molecule has 1 aliphatic carbocycles. The Bertz CT molecular complexity index is 1400. The Morgan fingerprint density at radius 1 is 0.903 bits per heavy atom. The first kappa shape index (κ1) is 18.2. The summed E-state index contributed by atoms with van der Waals surface area (Å²) in [6.45, 7) is 3.64. The molecule has 0 unspecified atom stereocenters. The van der Waals surface area contributed by atoms with Gasteiger partial charge in [0.25, 0.3) is 0 Å². The number of ether oxygens (including phenoxy) is 2. The van der Waals surface area contributed by atoms with E-state index in [0.717, 1.165) is 36.1 Å². The average Bonchev–Trinajstić information content (AvgIpc) is 3.15. The van der Waals surface area contributed by atoms with Crippen molar-refractivity contribution in [3.63, 3.8) is 0 Å². The molecule has 2 aliphatic rings. The van der Waals surface area contributed by atoms with Crippen LogP contribution in [-0.2, 0) is 24.1 Å². The fraction of sp³-hybridized carbons (Fsp3) is 0.179. The number of esters is 1. The van der Waals surface area contributed by atoms with Crippen molar-refractivity contribution in [2.24, 2.45) is 0 Å². The van der Waals surface area contributed by atoms with Gasteiger partial charge in [-0.2, -0.15) is 0 Å². The van der Waals surface area contributed by atoms with Crippen molar-refractivity contribution in [3.05, 3.63) is 88.5 Å². The molecule has 4 aromatic carbocycles. The predicted octanol–water partition coefficient (Wildman–Crippen LogP) is 6.60. The molecule has 0 aromatic heterocycles. The number of para-hydroxylation sites is 1. The van der Waals surface area contributed by atoms with E-state index in [1.165, 1.54) is 51.3 Å². The van der Waals surface area contributed by atoms with Crippen molar-refractivity contribution >= 4 is 16.7 Å². The van der Waals surface area contributed by atoms with Crippen LogP contribution in [0, 0.1) is 0 Å². The van der Waals surface area contributed by atoms with E-state index in [0.29, 0.717) is 5.75 Å². The fourth-order valence-electron chi connectivity index (χ4n) is 5.20. The molecule has 0 fully saturated rings. The van der Waals surface area contributed by atoms with Crippen LogP contribution in [0.3, 0.4) is 0 Å². The van der Waals surface area contributed by atoms with E-state index in [4.69, 9.17) is 9.47 Å². The second-order valence-corrected chi connectivity index (χ2v) is 8.34. The second-order valence-electron chi connectivity index (χ2n) is 8.34. The van der Waals surface area contributed by atoms with E-state index >= 15 is 0 Å². The van der Waals surface area contributed by atoms with Crippen molar-refractivity contribution in [2.75, 3.05) is 0 Å². The number of fused-ring (bicyclic) bond motifs is 8. The molecule has 1 heterocycles. The number of rotatable bonds is 2. The minimum absolute atomic E-state index is 0.291. The fourth-order valence-corrected chi connectivity index (χ4v) is 5.20. The summed E-state index contributed by atoms with van der Waals surface area (Å²) in [5, 5.41) is 2.20. The van der Waals surface area contributed by atoms with Gasteiger partial charge in [0.05, 0.1) is 0 Å². The topological polar surface area (TPSA) is 35.5 Å². The summed E-state index contributed by atoms with van der Waals surface area (Å²) in [4.78, 5) is 11.8. The number of aryl methyl sites for hydroxylation is 1. The molecule has 3 heteroatoms. The van der Waals surface area contributed by atoms with Gasteiger partial charge in [-0.15, -0.1) is 0 Å². The number of hydrogen-bond acceptors (Lipinski definition) is 3. The van der Waals surface area contributed by atoms with Crippen LogP contribution in [-0.4, -0.2) is 5.97 Å². The molecule has 0 radical (unpaired) electrons. The van der Waals surface area contributed by atoms with Crippen LogP contribution in [0.15, 0.2) is 60.7 Å². The SMILES string of the molecule is CCc1cccc2c(OC(C)=O)cc3c(c12)-c1c(ccc2c1Cc1ccccc1O2)C3. The molecule has 4 aromatic rings. The maximum atomic E-state index is 11.8. The molecule has 0 amide bonds. The summed E-state index contributed by atoms with van der Waals surface area (Å²) in [6.07, 6.45) is 2.61. The molecule has 152 valence electrons. The lowest BCUT2D eigenvalue weighted by molar-refractivity contribution is -0.131. The van der Waals surface area contributed by atoms with Gasteiger partial charge in [-0.25, -0.2) is 0 Å². The van der Waals surface area contributed by atoms with Gasteiger partial charge in [0, 0.05) is 24.3 Å². The Morgan fingerprint density at radius 2 is 1.77 bits per heavy atom. The van der Waals surface area contributed by atoms with Gasteiger partial charge in [0.1, 0.15) is 17.2 Å². The molecule has 0 saturated carbocycles. The monoisotopic (exact) mass is 406 g/mol. The van der Waals surface area contributed by atoms with Crippen LogP contribution in [0.4, 0.5) is 0 Å². The largest absolute Gasteiger partial charge is 0.457 e. The highest BCUT2D eigenvalue weighted by atomic mass is 16.5. The predicted molar refractivity (Wildman–Crippen MR) is 122 cm³/mol. The van der Waals surface area contributed by atoms with Gasteiger partial charge in [0.2, 0.25) is 0 Å². The third kappa shape index (κ3) is 2.70. The molecule has 6 rings (SSSR count). The first-order chi connectivity index (χ1) is 15.1. The Balaban J connectivity index is 1.65. The summed E-state index contributed by atoms with van der Waals surface area (Å²) in [5.41, 5.74) is 8.83. The number of carbonyl (C=O) groups is 1. The Morgan fingerprint density at radius 3 is 2.61 bits per heavy atom. The second kappa shape index (κ2) is 6.71. The minimum Gasteiger partial charge on any atom is -0.457 e. The van der Waals surface area contributed by atoms with Crippen molar-refractivity contribution in [3.8, 4) is 28.4 Å². The normalized spacial score (nSPS) is 13.1. The molecule has 0 spiro atoms. The van der Waals surface area contributed by atoms with Crippen molar-refractivity contribution in [1.29, 1.82) is 0 Å². The molecule has 31 heavy (non-hydrogen) atoms. The quantitative estimate of drug-likeness (QED) is 0.240. The lowest BCUT2D eigenvalue weighted by atomic mass is 9.88. The number of carbonyl (C=O) groups excluding carboxylic acids is 1. The molecule has 1 aliphatic heterocycles. The van der Waals surface area contributed by atoms with Crippen LogP contribution < -0.4 is 9.47 Å². The third-order valence-corrected chi connectivity index (χ3v) is 6.47. The lowest BCUT2D eigenvalue weighted by Gasteiger charge is -2.23.